The lowest BCUT2D eigenvalue weighted by molar-refractivity contribution is 0.180. The number of benzene rings is 1. The molecule has 0 aliphatic rings. The molecule has 3 nitrogen and oxygen atoms in total. The maximum atomic E-state index is 6.01. The Balaban J connectivity index is 3.06. The number of hydrogen-bond acceptors (Lipinski definition) is 3. The van der Waals surface area contributed by atoms with E-state index in [1.165, 1.54) is 0 Å². The number of rotatable bonds is 7. The first-order valence-electron chi connectivity index (χ1n) is 6.48. The van der Waals surface area contributed by atoms with Gasteiger partial charge in [-0.15, -0.1) is 0 Å². The molecule has 18 heavy (non-hydrogen) atoms. The normalized spacial score (nSPS) is 10.8. The van der Waals surface area contributed by atoms with Crippen molar-refractivity contribution >= 4 is 15.9 Å². The second-order valence-corrected chi connectivity index (χ2v) is 4.95. The van der Waals surface area contributed by atoms with E-state index >= 15 is 0 Å². The highest BCUT2D eigenvalue weighted by Crippen LogP contribution is 2.38. The van der Waals surface area contributed by atoms with Crippen LogP contribution in [0.4, 0.5) is 0 Å². The average molecular weight is 316 g/mol. The van der Waals surface area contributed by atoms with Crippen LogP contribution in [0.3, 0.4) is 0 Å². The predicted molar refractivity (Wildman–Crippen MR) is 78.2 cm³/mol. The van der Waals surface area contributed by atoms with E-state index in [0.717, 1.165) is 34.4 Å². The number of nitrogens with two attached hydrogens (primary N) is 1. The van der Waals surface area contributed by atoms with Crippen LogP contribution in [0.2, 0.25) is 0 Å². The standard InChI is InChI=1S/C14H22BrNO2/c1-4-11(5-2)18-14-12(15)7-10(9-16)8-13(14)17-6-3/h7-8,11H,4-6,9,16H2,1-3H3. The van der Waals surface area contributed by atoms with E-state index in [2.05, 4.69) is 29.8 Å². The van der Waals surface area contributed by atoms with E-state index in [4.69, 9.17) is 15.2 Å². The fourth-order valence-electron chi connectivity index (χ4n) is 1.74. The molecule has 0 atom stereocenters. The Bertz CT molecular complexity index is 378. The second kappa shape index (κ2) is 7.64. The minimum Gasteiger partial charge on any atom is -0.490 e. The van der Waals surface area contributed by atoms with Crippen molar-refractivity contribution in [3.63, 3.8) is 0 Å². The van der Waals surface area contributed by atoms with Gasteiger partial charge in [-0.1, -0.05) is 13.8 Å². The van der Waals surface area contributed by atoms with Crippen molar-refractivity contribution in [3.05, 3.63) is 22.2 Å². The lowest BCUT2D eigenvalue weighted by Crippen LogP contribution is -2.15. The van der Waals surface area contributed by atoms with Crippen molar-refractivity contribution in [3.8, 4) is 11.5 Å². The molecule has 1 rings (SSSR count). The monoisotopic (exact) mass is 315 g/mol. The van der Waals surface area contributed by atoms with Crippen LogP contribution < -0.4 is 15.2 Å². The summed E-state index contributed by atoms with van der Waals surface area (Å²) in [6.45, 7) is 7.31. The fraction of sp³-hybridized carbons (Fsp3) is 0.571. The first-order valence-corrected chi connectivity index (χ1v) is 7.27. The molecule has 0 bridgehead atoms. The van der Waals surface area contributed by atoms with Gasteiger partial charge in [-0.2, -0.15) is 0 Å². The van der Waals surface area contributed by atoms with E-state index in [-0.39, 0.29) is 6.10 Å². The summed E-state index contributed by atoms with van der Waals surface area (Å²) in [5.74, 6) is 1.54. The van der Waals surface area contributed by atoms with Gasteiger partial charge in [0.25, 0.3) is 0 Å². The lowest BCUT2D eigenvalue weighted by atomic mass is 10.2. The summed E-state index contributed by atoms with van der Waals surface area (Å²) in [6.07, 6.45) is 2.17. The van der Waals surface area contributed by atoms with Crippen molar-refractivity contribution in [1.29, 1.82) is 0 Å². The van der Waals surface area contributed by atoms with E-state index in [1.54, 1.807) is 0 Å². The molecule has 0 spiro atoms. The minimum atomic E-state index is 0.212. The molecule has 0 aliphatic carbocycles. The summed E-state index contributed by atoms with van der Waals surface area (Å²) >= 11 is 3.54. The zero-order chi connectivity index (χ0) is 13.5. The van der Waals surface area contributed by atoms with Crippen molar-refractivity contribution in [1.82, 2.24) is 0 Å². The molecule has 1 aromatic carbocycles. The molecule has 1 aromatic rings. The van der Waals surface area contributed by atoms with Crippen LogP contribution in [0.5, 0.6) is 11.5 Å². The maximum Gasteiger partial charge on any atom is 0.175 e. The highest BCUT2D eigenvalue weighted by atomic mass is 79.9. The van der Waals surface area contributed by atoms with Crippen LogP contribution in [0.15, 0.2) is 16.6 Å². The molecular formula is C14H22BrNO2. The molecule has 0 amide bonds. The Morgan fingerprint density at radius 1 is 1.22 bits per heavy atom. The van der Waals surface area contributed by atoms with Gasteiger partial charge in [0, 0.05) is 6.54 Å². The van der Waals surface area contributed by atoms with Gasteiger partial charge < -0.3 is 15.2 Å². The Hall–Kier alpha value is -0.740. The third-order valence-corrected chi connectivity index (χ3v) is 3.39. The lowest BCUT2D eigenvalue weighted by Gasteiger charge is -2.20. The van der Waals surface area contributed by atoms with Gasteiger partial charge in [-0.25, -0.2) is 0 Å². The molecule has 0 saturated heterocycles. The van der Waals surface area contributed by atoms with Crippen molar-refractivity contribution in [2.75, 3.05) is 6.61 Å². The van der Waals surface area contributed by atoms with Gasteiger partial charge in [-0.05, 0) is 53.4 Å². The number of halogens is 1. The molecule has 0 radical (unpaired) electrons. The van der Waals surface area contributed by atoms with Crippen LogP contribution in [0.25, 0.3) is 0 Å². The Labute approximate surface area is 118 Å². The maximum absolute atomic E-state index is 6.01. The van der Waals surface area contributed by atoms with Gasteiger partial charge in [0.15, 0.2) is 11.5 Å². The molecule has 0 aromatic heterocycles. The topological polar surface area (TPSA) is 44.5 Å². The molecule has 0 heterocycles. The van der Waals surface area contributed by atoms with E-state index in [0.29, 0.717) is 13.2 Å². The van der Waals surface area contributed by atoms with Gasteiger partial charge in [0.2, 0.25) is 0 Å². The fourth-order valence-corrected chi connectivity index (χ4v) is 2.32. The van der Waals surface area contributed by atoms with Crippen LogP contribution in [-0.4, -0.2) is 12.7 Å². The zero-order valence-electron chi connectivity index (χ0n) is 11.3. The van der Waals surface area contributed by atoms with Crippen LogP contribution >= 0.6 is 15.9 Å². The van der Waals surface area contributed by atoms with E-state index in [9.17, 15) is 0 Å². The Kier molecular flexibility index (Phi) is 6.50. The molecule has 102 valence electrons. The first-order chi connectivity index (χ1) is 8.65. The predicted octanol–water partition coefficient (Wildman–Crippen LogP) is 3.87. The molecular weight excluding hydrogens is 294 g/mol. The highest BCUT2D eigenvalue weighted by molar-refractivity contribution is 9.10. The molecule has 4 heteroatoms. The number of hydrogen-bond donors (Lipinski definition) is 1. The molecule has 0 aliphatic heterocycles. The van der Waals surface area contributed by atoms with Gasteiger partial charge in [0.05, 0.1) is 17.2 Å². The third-order valence-electron chi connectivity index (χ3n) is 2.80. The summed E-state index contributed by atoms with van der Waals surface area (Å²) in [7, 11) is 0. The summed E-state index contributed by atoms with van der Waals surface area (Å²) in [6, 6.07) is 3.94. The van der Waals surface area contributed by atoms with Crippen LogP contribution in [0.1, 0.15) is 39.2 Å². The Morgan fingerprint density at radius 2 is 1.89 bits per heavy atom. The summed E-state index contributed by atoms with van der Waals surface area (Å²) in [5.41, 5.74) is 6.70. The highest BCUT2D eigenvalue weighted by Gasteiger charge is 2.15. The van der Waals surface area contributed by atoms with Crippen molar-refractivity contribution in [2.24, 2.45) is 5.73 Å². The Morgan fingerprint density at radius 3 is 2.39 bits per heavy atom. The van der Waals surface area contributed by atoms with Crippen LogP contribution in [0, 0.1) is 0 Å². The molecule has 0 saturated carbocycles. The molecule has 0 fully saturated rings. The quantitative estimate of drug-likeness (QED) is 0.830. The second-order valence-electron chi connectivity index (χ2n) is 4.10. The van der Waals surface area contributed by atoms with Gasteiger partial charge in [-0.3, -0.25) is 0 Å². The smallest absolute Gasteiger partial charge is 0.175 e. The number of ether oxygens (including phenoxy) is 2. The van der Waals surface area contributed by atoms with Crippen molar-refractivity contribution < 1.29 is 9.47 Å². The third kappa shape index (κ3) is 3.89. The van der Waals surface area contributed by atoms with Crippen LogP contribution in [-0.2, 0) is 6.54 Å². The molecule has 2 N–H and O–H groups in total. The van der Waals surface area contributed by atoms with Crippen molar-refractivity contribution in [2.45, 2.75) is 46.3 Å². The first kappa shape index (κ1) is 15.3. The summed E-state index contributed by atoms with van der Waals surface area (Å²) in [5, 5.41) is 0. The molecule has 0 unspecified atom stereocenters. The largest absolute Gasteiger partial charge is 0.490 e. The van der Waals surface area contributed by atoms with Gasteiger partial charge >= 0.3 is 0 Å². The SMILES string of the molecule is CCOc1cc(CN)cc(Br)c1OC(CC)CC. The minimum absolute atomic E-state index is 0.212. The van der Waals surface area contributed by atoms with Gasteiger partial charge in [0.1, 0.15) is 0 Å². The summed E-state index contributed by atoms with van der Waals surface area (Å²) < 4.78 is 12.6. The van der Waals surface area contributed by atoms with E-state index in [1.807, 2.05) is 19.1 Å². The summed E-state index contributed by atoms with van der Waals surface area (Å²) in [4.78, 5) is 0. The zero-order valence-corrected chi connectivity index (χ0v) is 12.9. The van der Waals surface area contributed by atoms with E-state index < -0.39 is 0 Å². The average Bonchev–Trinajstić information content (AvgIpc) is 2.38.